The van der Waals surface area contributed by atoms with Crippen LogP contribution in [0.2, 0.25) is 0 Å². The first-order chi connectivity index (χ1) is 22.7. The lowest BCUT2D eigenvalue weighted by molar-refractivity contribution is -0.236. The van der Waals surface area contributed by atoms with E-state index in [1.807, 2.05) is 0 Å². The van der Waals surface area contributed by atoms with Crippen molar-refractivity contribution >= 4 is 5.97 Å². The number of rotatable bonds is 11. The zero-order chi connectivity index (χ0) is 36.1. The van der Waals surface area contributed by atoms with Crippen LogP contribution in [0.25, 0.3) is 0 Å². The number of hydrogen-bond acceptors (Lipinski definition) is 9. The molecule has 9 nitrogen and oxygen atoms in total. The number of hydrogen-bond donors (Lipinski definition) is 2. The van der Waals surface area contributed by atoms with Crippen molar-refractivity contribution in [2.45, 2.75) is 149 Å². The van der Waals surface area contributed by atoms with Crippen molar-refractivity contribution in [3.05, 3.63) is 0 Å². The second kappa shape index (κ2) is 12.7. The number of aliphatic hydroxyl groups is 2. The maximum atomic E-state index is 12.6. The minimum absolute atomic E-state index is 0.0276. The molecule has 14 atom stereocenters. The number of carbonyl (C=O) groups excluding carboxylic acids is 1. The summed E-state index contributed by atoms with van der Waals surface area (Å²) in [6, 6.07) is 0. The van der Waals surface area contributed by atoms with E-state index >= 15 is 0 Å². The van der Waals surface area contributed by atoms with Gasteiger partial charge in [0.1, 0.15) is 0 Å². The van der Waals surface area contributed by atoms with Crippen LogP contribution in [-0.4, -0.2) is 116 Å². The van der Waals surface area contributed by atoms with Gasteiger partial charge in [-0.2, -0.15) is 0 Å². The molecule has 1 saturated heterocycles. The largest absolute Gasteiger partial charge is 0.457 e. The van der Waals surface area contributed by atoms with Crippen LogP contribution in [0.4, 0.5) is 0 Å². The monoisotopic (exact) mass is 691 g/mol. The van der Waals surface area contributed by atoms with Crippen LogP contribution in [0, 0.1) is 50.7 Å². The summed E-state index contributed by atoms with van der Waals surface area (Å²) in [5.74, 6) is 1.09. The van der Waals surface area contributed by atoms with Crippen LogP contribution in [0.5, 0.6) is 0 Å². The molecule has 2 spiro atoms. The molecule has 5 saturated carbocycles. The molecule has 5 aliphatic carbocycles. The van der Waals surface area contributed by atoms with Crippen molar-refractivity contribution in [1.82, 2.24) is 9.80 Å². The highest BCUT2D eigenvalue weighted by Crippen LogP contribution is 2.89. The predicted octanol–water partition coefficient (Wildman–Crippen LogP) is 5.35. The molecule has 49 heavy (non-hydrogen) atoms. The quantitative estimate of drug-likeness (QED) is 0.220. The van der Waals surface area contributed by atoms with Gasteiger partial charge in [0.25, 0.3) is 0 Å². The first-order valence-corrected chi connectivity index (χ1v) is 19.5. The third kappa shape index (κ3) is 5.77. The van der Waals surface area contributed by atoms with E-state index in [0.29, 0.717) is 30.3 Å². The van der Waals surface area contributed by atoms with Crippen molar-refractivity contribution in [3.8, 4) is 0 Å². The number of likely N-dealkylation sites (N-methyl/N-ethyl adjacent to an activating group) is 2. The fraction of sp³-hybridized carbons (Fsp3) is 0.975. The summed E-state index contributed by atoms with van der Waals surface area (Å²) in [5, 5.41) is 23.6. The molecule has 9 heteroatoms. The fourth-order valence-electron chi connectivity index (χ4n) is 13.6. The van der Waals surface area contributed by atoms with Crippen molar-refractivity contribution in [2.24, 2.45) is 50.7 Å². The van der Waals surface area contributed by atoms with Gasteiger partial charge in [-0.05, 0) is 139 Å². The standard InChI is InChI=1S/C40H70N2O7/c1-24-21-26(34(36(5,6)45)47-25(2)43)48-32-31(24)37(7)17-18-40-23-39(40)16-15-29(49-30(22-42(11)12)46-20-19-41(9)10)35(3,4)27(39)13-14-28(40)38(37,8)33(32)44/h24,26-34,44-45H,13-23H2,1-12H3/t24-,26-,27+,28+,29+,30+,31+,32?,33+,34+,37-,38-,39-,40+/m1/s1. The molecular weight excluding hydrogens is 620 g/mol. The zero-order valence-electron chi connectivity index (χ0n) is 32.9. The molecular formula is C40H70N2O7. The highest BCUT2D eigenvalue weighted by Gasteiger charge is 2.84. The summed E-state index contributed by atoms with van der Waals surface area (Å²) in [6.45, 7) is 19.1. The van der Waals surface area contributed by atoms with E-state index in [2.05, 4.69) is 72.6 Å². The zero-order valence-corrected chi connectivity index (χ0v) is 32.9. The fourth-order valence-corrected chi connectivity index (χ4v) is 13.6. The Kier molecular flexibility index (Phi) is 9.80. The summed E-state index contributed by atoms with van der Waals surface area (Å²) in [6.07, 6.45) is 6.55. The van der Waals surface area contributed by atoms with Crippen molar-refractivity contribution in [2.75, 3.05) is 47.9 Å². The molecule has 1 aliphatic heterocycles. The lowest BCUT2D eigenvalue weighted by Gasteiger charge is -2.63. The molecule has 2 N–H and O–H groups in total. The summed E-state index contributed by atoms with van der Waals surface area (Å²) in [4.78, 5) is 16.4. The van der Waals surface area contributed by atoms with E-state index in [1.165, 1.54) is 32.6 Å². The van der Waals surface area contributed by atoms with Crippen LogP contribution >= 0.6 is 0 Å². The Labute approximate surface area is 297 Å². The SMILES string of the molecule is CC(=O)O[C@@H]([C@H]1C[C@@H](C)[C@H]2C(O1)[C@H](O)[C@@]1(C)[C@@H]3CC[C@H]4C(C)(C)[C@@H](O[C@@H](CN(C)C)OCCN(C)C)CC[C@@]45C[C@@]35CC[C@]21C)C(C)(C)O. The second-order valence-corrected chi connectivity index (χ2v) is 19.7. The number of fused-ring (bicyclic) bond motifs is 4. The van der Waals surface area contributed by atoms with E-state index in [1.54, 1.807) is 13.8 Å². The van der Waals surface area contributed by atoms with E-state index < -0.39 is 29.9 Å². The average molecular weight is 691 g/mol. The van der Waals surface area contributed by atoms with Gasteiger partial charge >= 0.3 is 5.97 Å². The van der Waals surface area contributed by atoms with Crippen LogP contribution in [-0.2, 0) is 23.7 Å². The molecule has 0 amide bonds. The van der Waals surface area contributed by atoms with E-state index in [-0.39, 0.29) is 52.0 Å². The van der Waals surface area contributed by atoms with Gasteiger partial charge in [0.05, 0.1) is 36.6 Å². The normalized spacial score (nSPS) is 46.6. The van der Waals surface area contributed by atoms with Crippen molar-refractivity contribution in [3.63, 3.8) is 0 Å². The minimum Gasteiger partial charge on any atom is -0.457 e. The molecule has 0 radical (unpaired) electrons. The van der Waals surface area contributed by atoms with E-state index in [9.17, 15) is 15.0 Å². The molecule has 1 unspecified atom stereocenters. The maximum absolute atomic E-state index is 12.6. The summed E-state index contributed by atoms with van der Waals surface area (Å²) in [5.41, 5.74) is -1.01. The summed E-state index contributed by atoms with van der Waals surface area (Å²) >= 11 is 0. The third-order valence-electron chi connectivity index (χ3n) is 15.8. The summed E-state index contributed by atoms with van der Waals surface area (Å²) < 4.78 is 25.8. The number of aliphatic hydroxyl groups excluding tert-OH is 1. The van der Waals surface area contributed by atoms with Crippen molar-refractivity contribution < 1.29 is 34.0 Å². The van der Waals surface area contributed by atoms with Gasteiger partial charge in [-0.3, -0.25) is 4.79 Å². The molecule has 6 rings (SSSR count). The third-order valence-corrected chi connectivity index (χ3v) is 15.8. The molecule has 6 aliphatic rings. The van der Waals surface area contributed by atoms with Gasteiger partial charge in [0, 0.05) is 25.4 Å². The Morgan fingerprint density at radius 1 is 0.980 bits per heavy atom. The molecule has 0 aromatic heterocycles. The smallest absolute Gasteiger partial charge is 0.303 e. The Morgan fingerprint density at radius 2 is 1.63 bits per heavy atom. The summed E-state index contributed by atoms with van der Waals surface area (Å²) in [7, 11) is 8.33. The molecule has 1 heterocycles. The van der Waals surface area contributed by atoms with Gasteiger partial charge in [-0.25, -0.2) is 0 Å². The maximum Gasteiger partial charge on any atom is 0.303 e. The van der Waals surface area contributed by atoms with Crippen LogP contribution in [0.3, 0.4) is 0 Å². The Balaban J connectivity index is 1.24. The van der Waals surface area contributed by atoms with Crippen molar-refractivity contribution in [1.29, 1.82) is 0 Å². The first kappa shape index (κ1) is 37.9. The number of nitrogens with zero attached hydrogens (tertiary/aromatic N) is 2. The highest BCUT2D eigenvalue weighted by atomic mass is 16.7. The van der Waals surface area contributed by atoms with E-state index in [0.717, 1.165) is 32.4 Å². The number of esters is 1. The highest BCUT2D eigenvalue weighted by molar-refractivity contribution is 5.66. The van der Waals surface area contributed by atoms with Crippen LogP contribution < -0.4 is 0 Å². The number of ether oxygens (including phenoxy) is 4. The number of carbonyl (C=O) groups is 1. The second-order valence-electron chi connectivity index (χ2n) is 19.7. The lowest BCUT2D eigenvalue weighted by atomic mass is 9.41. The Bertz CT molecular complexity index is 1240. The Morgan fingerprint density at radius 3 is 2.24 bits per heavy atom. The Hall–Kier alpha value is -0.810. The predicted molar refractivity (Wildman–Crippen MR) is 190 cm³/mol. The van der Waals surface area contributed by atoms with Crippen LogP contribution in [0.1, 0.15) is 107 Å². The topological polar surface area (TPSA) is 101 Å². The van der Waals surface area contributed by atoms with E-state index in [4.69, 9.17) is 18.9 Å². The molecule has 282 valence electrons. The van der Waals surface area contributed by atoms with Gasteiger partial charge in [-0.1, -0.05) is 34.6 Å². The minimum atomic E-state index is -1.25. The van der Waals surface area contributed by atoms with Gasteiger partial charge in [-0.15, -0.1) is 0 Å². The lowest BCUT2D eigenvalue weighted by Crippen LogP contribution is -2.60. The first-order valence-electron chi connectivity index (χ1n) is 19.5. The molecule has 0 aromatic carbocycles. The molecule has 0 bridgehead atoms. The van der Waals surface area contributed by atoms with Gasteiger partial charge in [0.2, 0.25) is 0 Å². The van der Waals surface area contributed by atoms with Crippen LogP contribution in [0.15, 0.2) is 0 Å². The average Bonchev–Trinajstić information content (AvgIpc) is 3.61. The molecule has 6 fully saturated rings. The van der Waals surface area contributed by atoms with Gasteiger partial charge in [0.15, 0.2) is 12.4 Å². The molecule has 0 aromatic rings. The van der Waals surface area contributed by atoms with Gasteiger partial charge < -0.3 is 39.0 Å².